The van der Waals surface area contributed by atoms with Crippen LogP contribution in [0.15, 0.2) is 18.2 Å². The number of aromatic carboxylic acids is 1. The minimum Gasteiger partial charge on any atom is -0.491 e. The van der Waals surface area contributed by atoms with Gasteiger partial charge in [-0.05, 0) is 19.1 Å². The zero-order valence-electron chi connectivity index (χ0n) is 9.72. The van der Waals surface area contributed by atoms with Gasteiger partial charge in [0.15, 0.2) is 0 Å². The number of rotatable bonds is 6. The molecule has 0 aliphatic heterocycles. The molecule has 1 aromatic carbocycles. The van der Waals surface area contributed by atoms with Crippen molar-refractivity contribution in [2.24, 2.45) is 0 Å². The van der Waals surface area contributed by atoms with E-state index >= 15 is 0 Å². The number of carbonyl (C=O) groups is 1. The van der Waals surface area contributed by atoms with Crippen LogP contribution >= 0.6 is 0 Å². The average Bonchev–Trinajstić information content (AvgIpc) is 2.34. The summed E-state index contributed by atoms with van der Waals surface area (Å²) in [7, 11) is 0. The zero-order valence-corrected chi connectivity index (χ0v) is 9.72. The number of carboxylic acid groups (broad SMARTS) is 1. The molecule has 96 valence electrons. The van der Waals surface area contributed by atoms with Gasteiger partial charge in [0, 0.05) is 6.07 Å². The Labute approximate surface area is 103 Å². The number of nitriles is 1. The molecule has 0 aliphatic rings. The molecule has 1 N–H and O–H groups in total. The summed E-state index contributed by atoms with van der Waals surface area (Å²) in [5.74, 6) is -1.97. The predicted molar refractivity (Wildman–Crippen MR) is 59.9 cm³/mol. The summed E-state index contributed by atoms with van der Waals surface area (Å²) in [6.45, 7) is 1.94. The van der Waals surface area contributed by atoms with Gasteiger partial charge in [-0.15, -0.1) is 0 Å². The van der Waals surface area contributed by atoms with Crippen LogP contribution in [0.4, 0.5) is 4.39 Å². The fraction of sp³-hybridized carbons (Fsp3) is 0.333. The van der Waals surface area contributed by atoms with Gasteiger partial charge in [-0.1, -0.05) is 0 Å². The first-order chi connectivity index (χ1) is 8.54. The Morgan fingerprint density at radius 2 is 2.28 bits per heavy atom. The van der Waals surface area contributed by atoms with Gasteiger partial charge >= 0.3 is 5.97 Å². The van der Waals surface area contributed by atoms with Crippen molar-refractivity contribution in [1.29, 1.82) is 5.26 Å². The van der Waals surface area contributed by atoms with E-state index in [9.17, 15) is 9.18 Å². The highest BCUT2D eigenvalue weighted by Crippen LogP contribution is 2.16. The highest BCUT2D eigenvalue weighted by molar-refractivity contribution is 5.88. The van der Waals surface area contributed by atoms with Gasteiger partial charge in [0.25, 0.3) is 0 Å². The maximum atomic E-state index is 13.3. The van der Waals surface area contributed by atoms with Crippen molar-refractivity contribution in [2.45, 2.75) is 13.0 Å². The lowest BCUT2D eigenvalue weighted by molar-refractivity contribution is 0.0689. The van der Waals surface area contributed by atoms with E-state index in [1.54, 1.807) is 6.92 Å². The van der Waals surface area contributed by atoms with Crippen LogP contribution in [0.2, 0.25) is 0 Å². The highest BCUT2D eigenvalue weighted by atomic mass is 19.1. The van der Waals surface area contributed by atoms with E-state index in [2.05, 4.69) is 0 Å². The smallest absolute Gasteiger partial charge is 0.338 e. The number of nitrogens with zero attached hydrogens (tertiary/aromatic N) is 1. The molecule has 6 heteroatoms. The van der Waals surface area contributed by atoms with Gasteiger partial charge in [0.2, 0.25) is 0 Å². The maximum Gasteiger partial charge on any atom is 0.338 e. The molecule has 0 radical (unpaired) electrons. The Morgan fingerprint density at radius 3 is 2.83 bits per heavy atom. The fourth-order valence-electron chi connectivity index (χ4n) is 1.18. The third-order valence-electron chi connectivity index (χ3n) is 2.07. The first kappa shape index (κ1) is 13.9. The van der Waals surface area contributed by atoms with Crippen molar-refractivity contribution < 1.29 is 23.8 Å². The number of ether oxygens (including phenoxy) is 2. The molecule has 0 aromatic heterocycles. The SMILES string of the molecule is CC(C#N)OCCOc1ccc(C(=O)O)c(F)c1. The first-order valence-corrected chi connectivity index (χ1v) is 5.21. The zero-order chi connectivity index (χ0) is 13.5. The van der Waals surface area contributed by atoms with Crippen molar-refractivity contribution in [2.75, 3.05) is 13.2 Å². The van der Waals surface area contributed by atoms with Crippen LogP contribution < -0.4 is 4.74 Å². The van der Waals surface area contributed by atoms with Gasteiger partial charge in [-0.3, -0.25) is 0 Å². The number of hydrogen-bond donors (Lipinski definition) is 1. The van der Waals surface area contributed by atoms with Crippen molar-refractivity contribution in [3.8, 4) is 11.8 Å². The minimum absolute atomic E-state index is 0.151. The molecule has 0 heterocycles. The standard InChI is InChI=1S/C12H12FNO4/c1-8(7-14)17-4-5-18-9-2-3-10(12(15)16)11(13)6-9/h2-3,6,8H,4-5H2,1H3,(H,15,16). The van der Waals surface area contributed by atoms with Gasteiger partial charge in [0.1, 0.15) is 24.3 Å². The summed E-state index contributed by atoms with van der Waals surface area (Å²) in [6.07, 6.45) is -0.528. The summed E-state index contributed by atoms with van der Waals surface area (Å²) in [5, 5.41) is 17.1. The number of carboxylic acids is 1. The minimum atomic E-state index is -1.33. The predicted octanol–water partition coefficient (Wildman–Crippen LogP) is 1.83. The van der Waals surface area contributed by atoms with Crippen LogP contribution in [0, 0.1) is 17.1 Å². The number of hydrogen-bond acceptors (Lipinski definition) is 4. The van der Waals surface area contributed by atoms with Gasteiger partial charge in [-0.25, -0.2) is 9.18 Å². The molecule has 0 amide bonds. The van der Waals surface area contributed by atoms with E-state index in [1.807, 2.05) is 6.07 Å². The summed E-state index contributed by atoms with van der Waals surface area (Å²) >= 11 is 0. The molecule has 0 saturated carbocycles. The van der Waals surface area contributed by atoms with E-state index in [1.165, 1.54) is 6.07 Å². The molecule has 5 nitrogen and oxygen atoms in total. The highest BCUT2D eigenvalue weighted by Gasteiger charge is 2.10. The second kappa shape index (κ2) is 6.57. The Hall–Kier alpha value is -2.13. The molecule has 1 atom stereocenters. The quantitative estimate of drug-likeness (QED) is 0.782. The van der Waals surface area contributed by atoms with Gasteiger partial charge < -0.3 is 14.6 Å². The normalized spacial score (nSPS) is 11.6. The Bertz CT molecular complexity index is 470. The van der Waals surface area contributed by atoms with Gasteiger partial charge in [0.05, 0.1) is 18.2 Å². The van der Waals surface area contributed by atoms with E-state index in [-0.39, 0.29) is 19.0 Å². The Kier molecular flexibility index (Phi) is 5.08. The molecule has 18 heavy (non-hydrogen) atoms. The van der Waals surface area contributed by atoms with Crippen LogP contribution in [0.1, 0.15) is 17.3 Å². The fourth-order valence-corrected chi connectivity index (χ4v) is 1.18. The lowest BCUT2D eigenvalue weighted by atomic mass is 10.2. The van der Waals surface area contributed by atoms with E-state index in [0.29, 0.717) is 0 Å². The monoisotopic (exact) mass is 253 g/mol. The molecule has 0 spiro atoms. The summed E-state index contributed by atoms with van der Waals surface area (Å²) < 4.78 is 23.4. The second-order valence-corrected chi connectivity index (χ2v) is 3.44. The maximum absolute atomic E-state index is 13.3. The molecule has 1 unspecified atom stereocenters. The Morgan fingerprint density at radius 1 is 1.56 bits per heavy atom. The topological polar surface area (TPSA) is 79.5 Å². The van der Waals surface area contributed by atoms with Crippen LogP contribution in [-0.4, -0.2) is 30.4 Å². The number of benzene rings is 1. The lowest BCUT2D eigenvalue weighted by Gasteiger charge is -2.08. The number of halogens is 1. The molecule has 0 bridgehead atoms. The first-order valence-electron chi connectivity index (χ1n) is 5.21. The summed E-state index contributed by atoms with van der Waals surface area (Å²) in [5.41, 5.74) is -0.406. The van der Waals surface area contributed by atoms with Crippen molar-refractivity contribution in [3.63, 3.8) is 0 Å². The van der Waals surface area contributed by atoms with Crippen LogP contribution in [0.5, 0.6) is 5.75 Å². The van der Waals surface area contributed by atoms with E-state index < -0.39 is 23.5 Å². The lowest BCUT2D eigenvalue weighted by Crippen LogP contribution is -2.12. The average molecular weight is 253 g/mol. The van der Waals surface area contributed by atoms with Crippen LogP contribution in [0.3, 0.4) is 0 Å². The van der Waals surface area contributed by atoms with Crippen LogP contribution in [-0.2, 0) is 4.74 Å². The molecule has 0 aliphatic carbocycles. The third-order valence-corrected chi connectivity index (χ3v) is 2.07. The largest absolute Gasteiger partial charge is 0.491 e. The third kappa shape index (κ3) is 4.03. The van der Waals surface area contributed by atoms with Crippen molar-refractivity contribution in [3.05, 3.63) is 29.6 Å². The van der Waals surface area contributed by atoms with Crippen molar-refractivity contribution in [1.82, 2.24) is 0 Å². The van der Waals surface area contributed by atoms with E-state index in [4.69, 9.17) is 19.8 Å². The van der Waals surface area contributed by atoms with Gasteiger partial charge in [-0.2, -0.15) is 5.26 Å². The molecule has 0 fully saturated rings. The molecular formula is C12H12FNO4. The van der Waals surface area contributed by atoms with Crippen molar-refractivity contribution >= 4 is 5.97 Å². The molecule has 1 aromatic rings. The molecular weight excluding hydrogens is 241 g/mol. The Balaban J connectivity index is 2.47. The second-order valence-electron chi connectivity index (χ2n) is 3.44. The van der Waals surface area contributed by atoms with E-state index in [0.717, 1.165) is 12.1 Å². The molecule has 1 rings (SSSR count). The van der Waals surface area contributed by atoms with Crippen LogP contribution in [0.25, 0.3) is 0 Å². The summed E-state index contributed by atoms with van der Waals surface area (Å²) in [4.78, 5) is 10.6. The molecule has 0 saturated heterocycles. The summed E-state index contributed by atoms with van der Waals surface area (Å²) in [6, 6.07) is 5.38.